The zero-order chi connectivity index (χ0) is 11.4. The molecule has 1 heterocycles. The molecule has 1 aromatic heterocycles. The number of para-hydroxylation sites is 1. The Morgan fingerprint density at radius 3 is 3.06 bits per heavy atom. The zero-order valence-electron chi connectivity index (χ0n) is 8.67. The lowest BCUT2D eigenvalue weighted by molar-refractivity contribution is -0.133. The molecule has 0 radical (unpaired) electrons. The van der Waals surface area contributed by atoms with Crippen LogP contribution in [0.2, 0.25) is 0 Å². The van der Waals surface area contributed by atoms with Gasteiger partial charge in [0.15, 0.2) is 6.23 Å². The highest BCUT2D eigenvalue weighted by molar-refractivity contribution is 5.78. The Bertz CT molecular complexity index is 499. The lowest BCUT2D eigenvalue weighted by atomic mass is 10.1. The largest absolute Gasteiger partial charge is 0.449 e. The number of hydrogen-bond donors (Lipinski definition) is 1. The molecular weight excluding hydrogens is 204 g/mol. The van der Waals surface area contributed by atoms with Gasteiger partial charge in [-0.3, -0.25) is 15.5 Å². The molecule has 0 aliphatic heterocycles. The van der Waals surface area contributed by atoms with E-state index in [0.29, 0.717) is 12.9 Å². The van der Waals surface area contributed by atoms with Crippen LogP contribution in [-0.2, 0) is 16.0 Å². The van der Waals surface area contributed by atoms with Crippen LogP contribution in [0.25, 0.3) is 10.9 Å². The number of nitrogens with zero attached hydrogens (tertiary/aromatic N) is 1. The summed E-state index contributed by atoms with van der Waals surface area (Å²) in [5.41, 5.74) is 7.47. The van der Waals surface area contributed by atoms with Crippen LogP contribution < -0.4 is 5.73 Å². The van der Waals surface area contributed by atoms with E-state index in [9.17, 15) is 4.79 Å². The van der Waals surface area contributed by atoms with E-state index in [4.69, 9.17) is 5.73 Å². The fourth-order valence-electron chi connectivity index (χ4n) is 1.58. The van der Waals surface area contributed by atoms with E-state index in [1.54, 1.807) is 6.20 Å². The van der Waals surface area contributed by atoms with E-state index < -0.39 is 6.23 Å². The van der Waals surface area contributed by atoms with Crippen LogP contribution in [0, 0.1) is 0 Å². The van der Waals surface area contributed by atoms with Gasteiger partial charge in [0, 0.05) is 18.0 Å². The summed E-state index contributed by atoms with van der Waals surface area (Å²) in [6, 6.07) is 9.82. The van der Waals surface area contributed by atoms with Crippen LogP contribution in [0.1, 0.15) is 5.56 Å². The highest BCUT2D eigenvalue weighted by Gasteiger charge is 2.04. The van der Waals surface area contributed by atoms with Gasteiger partial charge in [-0.05, 0) is 17.7 Å². The van der Waals surface area contributed by atoms with E-state index in [1.165, 1.54) is 0 Å². The standard InChI is InChI=1S/C12H12N2O2/c13-12(16-8-15)6-9-5-10-3-1-2-4-11(10)14-7-9/h1-5,7-8,12H,6,13H2. The van der Waals surface area contributed by atoms with Crippen LogP contribution in [-0.4, -0.2) is 17.7 Å². The predicted octanol–water partition coefficient (Wildman–Crippen LogP) is 1.24. The van der Waals surface area contributed by atoms with Crippen LogP contribution in [0.5, 0.6) is 0 Å². The number of pyridine rings is 1. The summed E-state index contributed by atoms with van der Waals surface area (Å²) in [7, 11) is 0. The van der Waals surface area contributed by atoms with Gasteiger partial charge in [0.1, 0.15) is 0 Å². The Morgan fingerprint density at radius 2 is 2.25 bits per heavy atom. The number of ether oxygens (including phenoxy) is 1. The van der Waals surface area contributed by atoms with Crippen molar-refractivity contribution < 1.29 is 9.53 Å². The molecule has 0 amide bonds. The fraction of sp³-hybridized carbons (Fsp3) is 0.167. The highest BCUT2D eigenvalue weighted by atomic mass is 16.5. The van der Waals surface area contributed by atoms with Gasteiger partial charge < -0.3 is 4.74 Å². The molecule has 4 heteroatoms. The van der Waals surface area contributed by atoms with E-state index in [-0.39, 0.29) is 0 Å². The SMILES string of the molecule is NC(Cc1cnc2ccccc2c1)OC=O. The Kier molecular flexibility index (Phi) is 3.12. The Balaban J connectivity index is 2.22. The second kappa shape index (κ2) is 4.72. The molecule has 0 fully saturated rings. The van der Waals surface area contributed by atoms with Crippen molar-refractivity contribution in [3.63, 3.8) is 0 Å². The number of carbonyl (C=O) groups excluding carboxylic acids is 1. The maximum absolute atomic E-state index is 10.1. The normalized spacial score (nSPS) is 12.3. The van der Waals surface area contributed by atoms with E-state index in [2.05, 4.69) is 9.72 Å². The van der Waals surface area contributed by atoms with Gasteiger partial charge in [-0.2, -0.15) is 0 Å². The maximum atomic E-state index is 10.1. The average molecular weight is 216 g/mol. The minimum atomic E-state index is -0.611. The summed E-state index contributed by atoms with van der Waals surface area (Å²) >= 11 is 0. The molecule has 1 atom stereocenters. The van der Waals surface area contributed by atoms with Crippen molar-refractivity contribution in [2.24, 2.45) is 5.73 Å². The van der Waals surface area contributed by atoms with Crippen molar-refractivity contribution in [3.05, 3.63) is 42.1 Å². The van der Waals surface area contributed by atoms with Crippen molar-refractivity contribution in [3.8, 4) is 0 Å². The first kappa shape index (κ1) is 10.6. The second-order valence-corrected chi connectivity index (χ2v) is 3.51. The number of nitrogens with two attached hydrogens (primary N) is 1. The summed E-state index contributed by atoms with van der Waals surface area (Å²) in [5, 5.41) is 1.05. The molecule has 0 saturated carbocycles. The van der Waals surface area contributed by atoms with Gasteiger partial charge in [0.25, 0.3) is 6.47 Å². The van der Waals surface area contributed by atoms with Gasteiger partial charge in [0.2, 0.25) is 0 Å². The first-order valence-corrected chi connectivity index (χ1v) is 4.98. The molecular formula is C12H12N2O2. The van der Waals surface area contributed by atoms with Crippen LogP contribution in [0.3, 0.4) is 0 Å². The number of benzene rings is 1. The molecule has 0 aliphatic carbocycles. The lowest BCUT2D eigenvalue weighted by Gasteiger charge is -2.09. The number of hydrogen-bond acceptors (Lipinski definition) is 4. The lowest BCUT2D eigenvalue weighted by Crippen LogP contribution is -2.25. The fourth-order valence-corrected chi connectivity index (χ4v) is 1.58. The molecule has 2 N–H and O–H groups in total. The highest BCUT2D eigenvalue weighted by Crippen LogP contribution is 2.13. The molecule has 0 saturated heterocycles. The van der Waals surface area contributed by atoms with Gasteiger partial charge >= 0.3 is 0 Å². The topological polar surface area (TPSA) is 65.2 Å². The van der Waals surface area contributed by atoms with Crippen LogP contribution >= 0.6 is 0 Å². The minimum Gasteiger partial charge on any atom is -0.449 e. The van der Waals surface area contributed by atoms with Gasteiger partial charge in [-0.1, -0.05) is 18.2 Å². The molecule has 16 heavy (non-hydrogen) atoms. The van der Waals surface area contributed by atoms with E-state index >= 15 is 0 Å². The van der Waals surface area contributed by atoms with Crippen molar-refractivity contribution in [1.29, 1.82) is 0 Å². The maximum Gasteiger partial charge on any atom is 0.294 e. The molecule has 0 bridgehead atoms. The molecule has 2 rings (SSSR count). The predicted molar refractivity (Wildman–Crippen MR) is 60.6 cm³/mol. The third kappa shape index (κ3) is 2.35. The van der Waals surface area contributed by atoms with E-state index in [0.717, 1.165) is 16.5 Å². The Hall–Kier alpha value is -1.94. The van der Waals surface area contributed by atoms with Gasteiger partial charge in [0.05, 0.1) is 5.52 Å². The zero-order valence-corrected chi connectivity index (χ0v) is 8.67. The molecule has 0 aliphatic rings. The monoisotopic (exact) mass is 216 g/mol. The molecule has 2 aromatic rings. The number of aromatic nitrogens is 1. The van der Waals surface area contributed by atoms with Crippen molar-refractivity contribution in [1.82, 2.24) is 4.98 Å². The number of rotatable bonds is 4. The third-order valence-corrected chi connectivity index (χ3v) is 2.31. The van der Waals surface area contributed by atoms with Gasteiger partial charge in [-0.15, -0.1) is 0 Å². The molecule has 1 unspecified atom stereocenters. The summed E-state index contributed by atoms with van der Waals surface area (Å²) in [6.45, 7) is 0.360. The first-order valence-electron chi connectivity index (χ1n) is 4.98. The van der Waals surface area contributed by atoms with Crippen molar-refractivity contribution in [2.45, 2.75) is 12.6 Å². The quantitative estimate of drug-likeness (QED) is 0.616. The average Bonchev–Trinajstić information content (AvgIpc) is 2.29. The number of carbonyl (C=O) groups is 1. The van der Waals surface area contributed by atoms with Crippen molar-refractivity contribution >= 4 is 17.4 Å². The van der Waals surface area contributed by atoms with Crippen LogP contribution in [0.15, 0.2) is 36.5 Å². The van der Waals surface area contributed by atoms with E-state index in [1.807, 2.05) is 30.3 Å². The summed E-state index contributed by atoms with van der Waals surface area (Å²) in [5.74, 6) is 0. The Morgan fingerprint density at radius 1 is 1.44 bits per heavy atom. The van der Waals surface area contributed by atoms with Crippen LogP contribution in [0.4, 0.5) is 0 Å². The minimum absolute atomic E-state index is 0.360. The molecule has 82 valence electrons. The third-order valence-electron chi connectivity index (χ3n) is 2.31. The van der Waals surface area contributed by atoms with Crippen molar-refractivity contribution in [2.75, 3.05) is 0 Å². The second-order valence-electron chi connectivity index (χ2n) is 3.51. The molecule has 1 aromatic carbocycles. The summed E-state index contributed by atoms with van der Waals surface area (Å²) in [4.78, 5) is 14.4. The number of fused-ring (bicyclic) bond motifs is 1. The molecule has 4 nitrogen and oxygen atoms in total. The van der Waals surface area contributed by atoms with Gasteiger partial charge in [-0.25, -0.2) is 0 Å². The summed E-state index contributed by atoms with van der Waals surface area (Å²) in [6.07, 6.45) is 1.60. The smallest absolute Gasteiger partial charge is 0.294 e. The summed E-state index contributed by atoms with van der Waals surface area (Å²) < 4.78 is 4.63. The Labute approximate surface area is 93.0 Å². The first-order chi connectivity index (χ1) is 7.79. The molecule has 0 spiro atoms.